The van der Waals surface area contributed by atoms with Crippen molar-refractivity contribution >= 4 is 17.7 Å². The number of pyridine rings is 1. The summed E-state index contributed by atoms with van der Waals surface area (Å²) in [5.74, 6) is 0. The third kappa shape index (κ3) is 0.699. The molecule has 2 rings (SSSR count). The molecule has 0 bridgehead atoms. The number of hydrogen-bond donors (Lipinski definition) is 2. The predicted octanol–water partition coefficient (Wildman–Crippen LogP) is 0.671. The fraction of sp³-hybridized carbons (Fsp3) is 0. The van der Waals surface area contributed by atoms with Gasteiger partial charge in [-0.05, 0) is 6.07 Å². The number of aliphatic imine (C=N–C) groups is 1. The summed E-state index contributed by atoms with van der Waals surface area (Å²) in [6, 6.07) is 1.85. The molecule has 1 aliphatic rings. The molecule has 0 aromatic carbocycles. The number of nitrogens with one attached hydrogen (secondary N) is 2. The van der Waals surface area contributed by atoms with E-state index in [0.717, 1.165) is 11.4 Å². The van der Waals surface area contributed by atoms with Gasteiger partial charge in [-0.2, -0.15) is 0 Å². The maximum Gasteiger partial charge on any atom is 0.107 e. The number of nitrogens with zero attached hydrogens (tertiary/aromatic N) is 2. The summed E-state index contributed by atoms with van der Waals surface area (Å²) in [4.78, 5) is 7.98. The van der Waals surface area contributed by atoms with Gasteiger partial charge in [-0.1, -0.05) is 0 Å². The van der Waals surface area contributed by atoms with E-state index in [1.165, 1.54) is 0 Å². The van der Waals surface area contributed by atoms with Gasteiger partial charge in [0.25, 0.3) is 0 Å². The molecule has 0 atom stereocenters. The van der Waals surface area contributed by atoms with Crippen LogP contribution < -0.4 is 10.9 Å². The van der Waals surface area contributed by atoms with E-state index < -0.39 is 0 Å². The molecular weight excluding hydrogens is 128 g/mol. The van der Waals surface area contributed by atoms with E-state index in [4.69, 9.17) is 0 Å². The van der Waals surface area contributed by atoms with Crippen LogP contribution in [0, 0.1) is 0 Å². The lowest BCUT2D eigenvalue weighted by Gasteiger charge is -2.11. The molecule has 0 spiro atoms. The van der Waals surface area contributed by atoms with Crippen LogP contribution in [0.1, 0.15) is 0 Å². The van der Waals surface area contributed by atoms with Crippen LogP contribution >= 0.6 is 0 Å². The van der Waals surface area contributed by atoms with Crippen molar-refractivity contribution < 1.29 is 0 Å². The minimum atomic E-state index is 0.907. The normalized spacial score (nSPS) is 13.2. The van der Waals surface area contributed by atoms with Gasteiger partial charge in [0.2, 0.25) is 0 Å². The van der Waals surface area contributed by atoms with Crippen molar-refractivity contribution in [3.63, 3.8) is 0 Å². The van der Waals surface area contributed by atoms with Gasteiger partial charge in [0.05, 0.1) is 17.6 Å². The lowest BCUT2D eigenvalue weighted by atomic mass is 10.3. The lowest BCUT2D eigenvalue weighted by molar-refractivity contribution is 1.10. The number of hydrazine groups is 1. The summed E-state index contributed by atoms with van der Waals surface area (Å²) >= 11 is 0. The van der Waals surface area contributed by atoms with Crippen LogP contribution in [0.2, 0.25) is 0 Å². The smallest absolute Gasteiger partial charge is 0.107 e. The van der Waals surface area contributed by atoms with E-state index >= 15 is 0 Å². The minimum absolute atomic E-state index is 0.907. The van der Waals surface area contributed by atoms with Crippen molar-refractivity contribution in [3.8, 4) is 0 Å². The standard InChI is InChI=1S/C6H6N4/c1-2-7-3-6-5(1)8-4-9-10-6/h1-4,10H,(H,8,9). The van der Waals surface area contributed by atoms with Crippen molar-refractivity contribution in [2.24, 2.45) is 4.99 Å². The van der Waals surface area contributed by atoms with E-state index in [-0.39, 0.29) is 0 Å². The van der Waals surface area contributed by atoms with Crippen molar-refractivity contribution in [1.29, 1.82) is 0 Å². The highest BCUT2D eigenvalue weighted by Gasteiger charge is 2.00. The summed E-state index contributed by atoms with van der Waals surface area (Å²) < 4.78 is 0. The van der Waals surface area contributed by atoms with E-state index in [2.05, 4.69) is 20.8 Å². The predicted molar refractivity (Wildman–Crippen MR) is 39.1 cm³/mol. The summed E-state index contributed by atoms with van der Waals surface area (Å²) in [5, 5.41) is 0. The Labute approximate surface area is 58.0 Å². The molecule has 0 unspecified atom stereocenters. The molecule has 2 N–H and O–H groups in total. The molecule has 1 aromatic heterocycles. The highest BCUT2D eigenvalue weighted by molar-refractivity contribution is 5.75. The lowest BCUT2D eigenvalue weighted by Crippen LogP contribution is -2.21. The van der Waals surface area contributed by atoms with Gasteiger partial charge >= 0.3 is 0 Å². The Morgan fingerprint density at radius 1 is 1.40 bits per heavy atom. The number of fused-ring (bicyclic) bond motifs is 1. The van der Waals surface area contributed by atoms with Gasteiger partial charge in [-0.3, -0.25) is 15.8 Å². The van der Waals surface area contributed by atoms with E-state index in [9.17, 15) is 0 Å². The van der Waals surface area contributed by atoms with E-state index in [1.54, 1.807) is 18.7 Å². The molecule has 1 aromatic rings. The van der Waals surface area contributed by atoms with Crippen LogP contribution in [0.3, 0.4) is 0 Å². The Morgan fingerprint density at radius 3 is 3.30 bits per heavy atom. The van der Waals surface area contributed by atoms with Crippen molar-refractivity contribution in [2.45, 2.75) is 0 Å². The number of rotatable bonds is 0. The van der Waals surface area contributed by atoms with Gasteiger partial charge in [0, 0.05) is 6.20 Å². The SMILES string of the molecule is C1=Nc2ccncc2NN1. The van der Waals surface area contributed by atoms with Gasteiger partial charge in [-0.25, -0.2) is 4.99 Å². The number of aromatic nitrogens is 1. The second kappa shape index (κ2) is 1.98. The van der Waals surface area contributed by atoms with Crippen molar-refractivity contribution in [3.05, 3.63) is 18.5 Å². The monoisotopic (exact) mass is 134 g/mol. The number of anilines is 1. The molecule has 0 radical (unpaired) electrons. The average Bonchev–Trinajstić information content (AvgIpc) is 2.05. The average molecular weight is 134 g/mol. The highest BCUT2D eigenvalue weighted by Crippen LogP contribution is 2.22. The van der Waals surface area contributed by atoms with E-state index in [1.807, 2.05) is 6.07 Å². The Hall–Kier alpha value is -1.58. The van der Waals surface area contributed by atoms with Crippen LogP contribution in [-0.2, 0) is 0 Å². The highest BCUT2D eigenvalue weighted by atomic mass is 15.4. The topological polar surface area (TPSA) is 49.3 Å². The zero-order valence-electron chi connectivity index (χ0n) is 5.20. The fourth-order valence-electron chi connectivity index (χ4n) is 0.808. The third-order valence-corrected chi connectivity index (χ3v) is 1.27. The maximum atomic E-state index is 4.05. The second-order valence-electron chi connectivity index (χ2n) is 1.92. The van der Waals surface area contributed by atoms with Crippen LogP contribution in [0.5, 0.6) is 0 Å². The number of hydrogen-bond acceptors (Lipinski definition) is 4. The Morgan fingerprint density at radius 2 is 2.40 bits per heavy atom. The molecule has 10 heavy (non-hydrogen) atoms. The molecule has 0 amide bonds. The third-order valence-electron chi connectivity index (χ3n) is 1.27. The summed E-state index contributed by atoms with van der Waals surface area (Å²) in [5.41, 5.74) is 7.48. The largest absolute Gasteiger partial charge is 0.296 e. The zero-order chi connectivity index (χ0) is 6.81. The summed E-state index contributed by atoms with van der Waals surface area (Å²) in [7, 11) is 0. The first-order valence-electron chi connectivity index (χ1n) is 2.95. The van der Waals surface area contributed by atoms with Gasteiger partial charge in [0.1, 0.15) is 6.34 Å². The maximum absolute atomic E-state index is 4.05. The molecular formula is C6H6N4. The van der Waals surface area contributed by atoms with Crippen LogP contribution in [0.15, 0.2) is 23.5 Å². The fourth-order valence-corrected chi connectivity index (χ4v) is 0.808. The van der Waals surface area contributed by atoms with Crippen molar-refractivity contribution in [1.82, 2.24) is 10.4 Å². The Bertz CT molecular complexity index is 268. The summed E-state index contributed by atoms with van der Waals surface area (Å²) in [6.07, 6.45) is 5.03. The van der Waals surface area contributed by atoms with E-state index in [0.29, 0.717) is 0 Å². The van der Waals surface area contributed by atoms with Gasteiger partial charge in [-0.15, -0.1) is 0 Å². The molecule has 4 heteroatoms. The molecule has 0 saturated carbocycles. The van der Waals surface area contributed by atoms with Gasteiger partial charge < -0.3 is 0 Å². The van der Waals surface area contributed by atoms with Crippen molar-refractivity contribution in [2.75, 3.05) is 5.43 Å². The molecule has 4 nitrogen and oxygen atoms in total. The summed E-state index contributed by atoms with van der Waals surface area (Å²) in [6.45, 7) is 0. The van der Waals surface area contributed by atoms with Crippen LogP contribution in [0.25, 0.3) is 0 Å². The molecule has 50 valence electrons. The zero-order valence-corrected chi connectivity index (χ0v) is 5.20. The molecule has 0 saturated heterocycles. The quantitative estimate of drug-likeness (QED) is 0.548. The molecule has 2 heterocycles. The first-order valence-corrected chi connectivity index (χ1v) is 2.95. The van der Waals surface area contributed by atoms with Crippen LogP contribution in [-0.4, -0.2) is 11.3 Å². The minimum Gasteiger partial charge on any atom is -0.296 e. The first-order chi connectivity index (χ1) is 4.97. The molecule has 0 aliphatic carbocycles. The van der Waals surface area contributed by atoms with Crippen LogP contribution in [0.4, 0.5) is 11.4 Å². The Balaban J connectivity index is 2.54. The molecule has 0 fully saturated rings. The second-order valence-corrected chi connectivity index (χ2v) is 1.92. The molecule has 1 aliphatic heterocycles. The Kier molecular flexibility index (Phi) is 1.04. The first kappa shape index (κ1) is 5.22. The van der Waals surface area contributed by atoms with Gasteiger partial charge in [0.15, 0.2) is 0 Å².